The number of rotatable bonds is 39. The molecule has 32 nitrogen and oxygen atoms in total. The molecule has 0 unspecified atom stereocenters. The number of carboxylic acids is 1. The molecule has 11 N–H and O–H groups in total. The van der Waals surface area contributed by atoms with Gasteiger partial charge in [0.05, 0.1) is 19.0 Å². The van der Waals surface area contributed by atoms with Crippen LogP contribution in [0.15, 0.2) is 103 Å². The number of nitrogens with zero attached hydrogens (tertiary/aromatic N) is 4. The van der Waals surface area contributed by atoms with E-state index in [1.54, 1.807) is 153 Å². The number of benzene rings is 3. The molecule has 1 saturated heterocycles. The standard InChI is InChI=1S/C86H123N13O19/c1-18-19-21-31-62(75(107)94-64(74(106)91-51-69(101)102)48-56-52-99(81(113)118-86(14,15)16)71-59(56)30-26-43-88-71)92-76(108)63(46-55-36-40-58(41-37-55)115-83(5,6)7)95-78(110)67(47-53-28-22-20-23-29-53)97(17)68(100)50-90-73(105)61(32-24-25-42-89-80(112)117-85(11,12)13)93-77(109)66-33-27-44-98(66)79(111)65(49-70(103)116-84(8,9)10)96-72(104)60(87)45-54-34-38-57(39-35-54)114-82(2,3)4/h20,22-23,26,28-30,34-41,43,52,60-67H,18-19,21,24-25,27,31-33,42,44-51,87H2,1-17H3,(H,89,112)(H,90,105)(H,91,106)(H,92,108)(H,93,109)(H,94,107)(H,95,110)(H,96,104)(H,101,102)/t60-,61-,62-,63-,64-,65-,66+,67-/m0/s1. The fraction of sp³-hybridized carbons (Fsp3) is 0.558. The van der Waals surface area contributed by atoms with Gasteiger partial charge in [-0.1, -0.05) is 80.8 Å². The first kappa shape index (κ1) is 95.7. The fourth-order valence-corrected chi connectivity index (χ4v) is 12.9. The molecule has 1 fully saturated rings. The summed E-state index contributed by atoms with van der Waals surface area (Å²) in [5.74, 6) is -8.54. The van der Waals surface area contributed by atoms with Crippen LogP contribution in [0.2, 0.25) is 0 Å². The van der Waals surface area contributed by atoms with Crippen LogP contribution in [0, 0.1) is 0 Å². The number of hydrogen-bond donors (Lipinski definition) is 10. The molecule has 118 heavy (non-hydrogen) atoms. The van der Waals surface area contributed by atoms with Crippen LogP contribution < -0.4 is 57.7 Å². The summed E-state index contributed by atoms with van der Waals surface area (Å²) >= 11 is 0. The zero-order valence-corrected chi connectivity index (χ0v) is 71.3. The monoisotopic (exact) mass is 1640 g/mol. The predicted octanol–water partition coefficient (Wildman–Crippen LogP) is 7.34. The van der Waals surface area contributed by atoms with Crippen molar-refractivity contribution in [2.45, 2.75) is 277 Å². The zero-order chi connectivity index (χ0) is 87.6. The zero-order valence-electron chi connectivity index (χ0n) is 71.3. The number of fused-ring (bicyclic) bond motifs is 1. The molecule has 0 saturated carbocycles. The molecular weight excluding hydrogens is 1520 g/mol. The first-order valence-corrected chi connectivity index (χ1v) is 40.2. The van der Waals surface area contributed by atoms with Gasteiger partial charge >= 0.3 is 24.1 Å². The molecule has 0 spiro atoms. The largest absolute Gasteiger partial charge is 0.488 e. The highest BCUT2D eigenvalue weighted by Crippen LogP contribution is 2.27. The molecule has 6 rings (SSSR count). The minimum Gasteiger partial charge on any atom is -0.488 e. The summed E-state index contributed by atoms with van der Waals surface area (Å²) in [6.45, 7) is 26.9. The first-order chi connectivity index (χ1) is 55.1. The summed E-state index contributed by atoms with van der Waals surface area (Å²) in [6.07, 6.45) is 2.70. The van der Waals surface area contributed by atoms with Crippen LogP contribution in [-0.4, -0.2) is 211 Å². The van der Waals surface area contributed by atoms with Crippen LogP contribution in [-0.2, 0) is 92.6 Å². The number of amides is 10. The number of aliphatic carboxylic acids is 1. The van der Waals surface area contributed by atoms with Crippen molar-refractivity contribution in [2.24, 2.45) is 5.73 Å². The molecule has 32 heteroatoms. The van der Waals surface area contributed by atoms with Gasteiger partial charge in [-0.05, 0) is 207 Å². The molecule has 5 aromatic rings. The number of pyridine rings is 1. The molecule has 10 amide bonds. The number of nitrogens with two attached hydrogens (primary N) is 1. The van der Waals surface area contributed by atoms with E-state index >= 15 is 9.59 Å². The van der Waals surface area contributed by atoms with E-state index < -0.39 is 173 Å². The summed E-state index contributed by atoms with van der Waals surface area (Å²) in [5, 5.41) is 31.6. The highest BCUT2D eigenvalue weighted by Gasteiger charge is 2.42. The lowest BCUT2D eigenvalue weighted by molar-refractivity contribution is -0.158. The fourth-order valence-electron chi connectivity index (χ4n) is 12.9. The van der Waals surface area contributed by atoms with Crippen molar-refractivity contribution in [1.82, 2.24) is 61.9 Å². The third-order valence-electron chi connectivity index (χ3n) is 18.3. The Morgan fingerprint density at radius 1 is 0.534 bits per heavy atom. The highest BCUT2D eigenvalue weighted by atomic mass is 16.6. The first-order valence-electron chi connectivity index (χ1n) is 40.2. The number of carboxylic acid groups (broad SMARTS) is 1. The average molecular weight is 1640 g/mol. The van der Waals surface area contributed by atoms with Gasteiger partial charge < -0.3 is 86.9 Å². The van der Waals surface area contributed by atoms with Gasteiger partial charge in [0.1, 0.15) is 94.0 Å². The van der Waals surface area contributed by atoms with E-state index in [4.69, 9.17) is 29.4 Å². The van der Waals surface area contributed by atoms with Crippen molar-refractivity contribution in [2.75, 3.05) is 33.2 Å². The Balaban J connectivity index is 1.28. The Labute approximate surface area is 691 Å². The van der Waals surface area contributed by atoms with Crippen LogP contribution in [0.4, 0.5) is 9.59 Å². The van der Waals surface area contributed by atoms with Gasteiger partial charge in [-0.25, -0.2) is 19.1 Å². The molecule has 3 heterocycles. The van der Waals surface area contributed by atoms with Gasteiger partial charge in [-0.2, -0.15) is 0 Å². The maximum atomic E-state index is 15.4. The van der Waals surface area contributed by atoms with E-state index in [9.17, 15) is 57.8 Å². The van der Waals surface area contributed by atoms with E-state index in [1.165, 1.54) is 28.9 Å². The summed E-state index contributed by atoms with van der Waals surface area (Å²) in [5.41, 5.74) is 5.02. The average Bonchev–Trinajstić information content (AvgIpc) is 1.64. The summed E-state index contributed by atoms with van der Waals surface area (Å²) in [6, 6.07) is 14.5. The quantitative estimate of drug-likeness (QED) is 0.0104. The SMILES string of the molecule is CCCCC[C@H](NC(=O)[C@H](Cc1ccc(OC(C)(C)C)cc1)NC(=O)[C@H](Cc1ccccc1)N(C)C(=O)CNC(=O)[C@H](CCCCNC(=O)OC(C)(C)C)NC(=O)[C@H]1CCCN1C(=O)[C@H](CC(=O)OC(C)(C)C)NC(=O)[C@@H](N)Cc1ccc(OC(C)(C)C)cc1)C(=O)N[C@@H](Cc1cn(C(=O)OC(C)(C)C)c2ncccc12)C(=O)NCC(=O)O. The maximum absolute atomic E-state index is 15.4. The van der Waals surface area contributed by atoms with Gasteiger partial charge in [0, 0.05) is 57.2 Å². The topological polar surface area (TPSA) is 435 Å². The summed E-state index contributed by atoms with van der Waals surface area (Å²) in [4.78, 5) is 191. The number of unbranched alkanes of at least 4 members (excludes halogenated alkanes) is 3. The maximum Gasteiger partial charge on any atom is 0.420 e. The molecular formula is C86H123N13O19. The van der Waals surface area contributed by atoms with Crippen molar-refractivity contribution in [1.29, 1.82) is 0 Å². The van der Waals surface area contributed by atoms with Crippen molar-refractivity contribution in [3.63, 3.8) is 0 Å². The van der Waals surface area contributed by atoms with Gasteiger partial charge in [0.15, 0.2) is 0 Å². The lowest BCUT2D eigenvalue weighted by atomic mass is 10.00. The van der Waals surface area contributed by atoms with E-state index in [1.807, 2.05) is 48.5 Å². The number of ether oxygens (including phenoxy) is 5. The number of carbonyl (C=O) groups excluding carboxylic acids is 12. The second-order valence-corrected chi connectivity index (χ2v) is 34.6. The van der Waals surface area contributed by atoms with Gasteiger partial charge in [-0.3, -0.25) is 52.7 Å². The highest BCUT2D eigenvalue weighted by molar-refractivity contribution is 5.99. The Bertz CT molecular complexity index is 4270. The van der Waals surface area contributed by atoms with E-state index in [0.717, 1.165) is 4.90 Å². The van der Waals surface area contributed by atoms with Gasteiger partial charge in [0.2, 0.25) is 53.2 Å². The lowest BCUT2D eigenvalue weighted by Crippen LogP contribution is -2.60. The summed E-state index contributed by atoms with van der Waals surface area (Å²) in [7, 11) is 1.34. The predicted molar refractivity (Wildman–Crippen MR) is 442 cm³/mol. The van der Waals surface area contributed by atoms with Gasteiger partial charge in [-0.15, -0.1) is 0 Å². The summed E-state index contributed by atoms with van der Waals surface area (Å²) < 4.78 is 29.8. The number of carbonyl (C=O) groups is 13. The number of alkyl carbamates (subject to hydrolysis) is 1. The number of nitrogens with one attached hydrogen (secondary N) is 8. The van der Waals surface area contributed by atoms with Crippen molar-refractivity contribution in [3.8, 4) is 11.5 Å². The van der Waals surface area contributed by atoms with Crippen molar-refractivity contribution < 1.29 is 91.1 Å². The van der Waals surface area contributed by atoms with Crippen molar-refractivity contribution >= 4 is 88.3 Å². The number of likely N-dealkylation sites (tertiary alicyclic amines) is 1. The van der Waals surface area contributed by atoms with E-state index in [-0.39, 0.29) is 76.5 Å². The number of esters is 1. The smallest absolute Gasteiger partial charge is 0.420 e. The molecule has 8 atom stereocenters. The molecule has 1 aliphatic heterocycles. The van der Waals surface area contributed by atoms with Crippen LogP contribution in [0.5, 0.6) is 11.5 Å². The van der Waals surface area contributed by atoms with E-state index in [0.29, 0.717) is 64.8 Å². The molecule has 1 aliphatic rings. The van der Waals surface area contributed by atoms with Crippen LogP contribution in [0.3, 0.4) is 0 Å². The Kier molecular flexibility index (Phi) is 35.1. The third kappa shape index (κ3) is 32.7. The normalized spacial score (nSPS) is 14.9. The minimum absolute atomic E-state index is 0.00999. The van der Waals surface area contributed by atoms with Crippen LogP contribution >= 0.6 is 0 Å². The number of hydrogen-bond acceptors (Lipinski definition) is 20. The molecule has 0 bridgehead atoms. The van der Waals surface area contributed by atoms with Gasteiger partial charge in [0.25, 0.3) is 0 Å². The van der Waals surface area contributed by atoms with Crippen LogP contribution in [0.1, 0.15) is 197 Å². The molecule has 0 aliphatic carbocycles. The Morgan fingerprint density at radius 2 is 1.05 bits per heavy atom. The van der Waals surface area contributed by atoms with E-state index in [2.05, 4.69) is 47.5 Å². The third-order valence-corrected chi connectivity index (χ3v) is 18.3. The van der Waals surface area contributed by atoms with Crippen LogP contribution in [0.25, 0.3) is 11.0 Å². The van der Waals surface area contributed by atoms with Crippen molar-refractivity contribution in [3.05, 3.63) is 126 Å². The molecule has 2 aromatic heterocycles. The number of likely N-dealkylation sites (N-methyl/N-ethyl adjacent to an activating group) is 1. The molecule has 3 aromatic carbocycles. The molecule has 646 valence electrons. The second kappa shape index (κ2) is 43.3. The Hall–Kier alpha value is -11.2. The Morgan fingerprint density at radius 3 is 1.63 bits per heavy atom. The second-order valence-electron chi connectivity index (χ2n) is 34.6. The molecule has 0 radical (unpaired) electrons. The lowest BCUT2D eigenvalue weighted by Gasteiger charge is -2.31. The number of aromatic nitrogens is 2. The minimum atomic E-state index is -1.55.